The fourth-order valence-electron chi connectivity index (χ4n) is 3.26. The van der Waals surface area contributed by atoms with Gasteiger partial charge in [0.2, 0.25) is 0 Å². The number of hydrogen-bond acceptors (Lipinski definition) is 4. The summed E-state index contributed by atoms with van der Waals surface area (Å²) in [6.07, 6.45) is 4.34. The van der Waals surface area contributed by atoms with Crippen LogP contribution in [0.1, 0.15) is 38.3 Å². The van der Waals surface area contributed by atoms with Gasteiger partial charge in [-0.05, 0) is 47.9 Å². The highest BCUT2D eigenvalue weighted by atomic mass is 16.5. The third kappa shape index (κ3) is 3.44. The number of ketones is 1. The zero-order chi connectivity index (χ0) is 18.8. The van der Waals surface area contributed by atoms with E-state index in [1.54, 1.807) is 36.7 Å². The molecule has 1 aromatic heterocycles. The first kappa shape index (κ1) is 17.0. The number of nitrogens with zero attached hydrogens (tertiary/aromatic N) is 1. The summed E-state index contributed by atoms with van der Waals surface area (Å²) in [5.41, 5.74) is 4.73. The molecular weight excluding hydrogens is 342 g/mol. The van der Waals surface area contributed by atoms with E-state index < -0.39 is 5.97 Å². The van der Waals surface area contributed by atoms with Crippen LogP contribution in [-0.2, 0) is 13.0 Å². The standard InChI is InChI=1S/C22H17NO4/c24-20(7-4-14-2-1-3-16(10-14)22(25)26)15-5-6-19-18-8-9-23-12-17(18)13-27-21(19)11-15/h1-3,5-6,8-12H,4,7,13H2,(H,25,26). The number of Topliss-reactive ketones (excluding diaryl/α,β-unsaturated/α-hetero) is 1. The van der Waals surface area contributed by atoms with Gasteiger partial charge in [0.05, 0.1) is 5.56 Å². The van der Waals surface area contributed by atoms with Crippen LogP contribution in [-0.4, -0.2) is 21.8 Å². The number of rotatable bonds is 5. The first-order valence-electron chi connectivity index (χ1n) is 8.67. The SMILES string of the molecule is O=C(O)c1cccc(CCC(=O)c2ccc3c(c2)OCc2cnccc2-3)c1. The van der Waals surface area contributed by atoms with Crippen LogP contribution in [0.4, 0.5) is 0 Å². The number of aromatic nitrogens is 1. The third-order valence-corrected chi connectivity index (χ3v) is 4.70. The molecule has 1 aliphatic heterocycles. The Morgan fingerprint density at radius 2 is 1.93 bits per heavy atom. The fourth-order valence-corrected chi connectivity index (χ4v) is 3.26. The number of pyridine rings is 1. The van der Waals surface area contributed by atoms with Gasteiger partial charge in [0, 0.05) is 35.5 Å². The summed E-state index contributed by atoms with van der Waals surface area (Å²) in [7, 11) is 0. The molecule has 1 aliphatic rings. The maximum Gasteiger partial charge on any atom is 0.335 e. The highest BCUT2D eigenvalue weighted by Gasteiger charge is 2.19. The predicted molar refractivity (Wildman–Crippen MR) is 100 cm³/mol. The van der Waals surface area contributed by atoms with Crippen molar-refractivity contribution in [1.29, 1.82) is 0 Å². The number of carboxylic acids is 1. The Morgan fingerprint density at radius 1 is 1.04 bits per heavy atom. The van der Waals surface area contributed by atoms with Crippen molar-refractivity contribution in [1.82, 2.24) is 4.98 Å². The number of carboxylic acid groups (broad SMARTS) is 1. The van der Waals surface area contributed by atoms with E-state index in [9.17, 15) is 9.59 Å². The van der Waals surface area contributed by atoms with Gasteiger partial charge in [-0.2, -0.15) is 0 Å². The number of carbonyl (C=O) groups is 2. The Hall–Kier alpha value is -3.47. The zero-order valence-corrected chi connectivity index (χ0v) is 14.5. The van der Waals surface area contributed by atoms with Crippen LogP contribution in [0, 0.1) is 0 Å². The van der Waals surface area contributed by atoms with Crippen molar-refractivity contribution < 1.29 is 19.4 Å². The molecule has 0 bridgehead atoms. The molecule has 0 radical (unpaired) electrons. The van der Waals surface area contributed by atoms with Crippen LogP contribution in [0.3, 0.4) is 0 Å². The summed E-state index contributed by atoms with van der Waals surface area (Å²) in [5, 5.41) is 9.06. The molecule has 134 valence electrons. The molecule has 0 fully saturated rings. The van der Waals surface area contributed by atoms with Crippen LogP contribution in [0.15, 0.2) is 60.9 Å². The van der Waals surface area contributed by atoms with E-state index in [0.717, 1.165) is 22.3 Å². The van der Waals surface area contributed by atoms with E-state index in [0.29, 0.717) is 30.8 Å². The molecule has 0 saturated carbocycles. The van der Waals surface area contributed by atoms with Gasteiger partial charge >= 0.3 is 5.97 Å². The Labute approximate surface area is 156 Å². The maximum atomic E-state index is 12.6. The Morgan fingerprint density at radius 3 is 2.78 bits per heavy atom. The lowest BCUT2D eigenvalue weighted by Gasteiger charge is -2.20. The van der Waals surface area contributed by atoms with Crippen molar-refractivity contribution in [3.63, 3.8) is 0 Å². The monoisotopic (exact) mass is 359 g/mol. The third-order valence-electron chi connectivity index (χ3n) is 4.70. The lowest BCUT2D eigenvalue weighted by molar-refractivity contribution is 0.0696. The minimum absolute atomic E-state index is 0.00246. The van der Waals surface area contributed by atoms with Crippen LogP contribution in [0.2, 0.25) is 0 Å². The highest BCUT2D eigenvalue weighted by Crippen LogP contribution is 2.37. The van der Waals surface area contributed by atoms with Crippen molar-refractivity contribution in [3.05, 3.63) is 83.2 Å². The van der Waals surface area contributed by atoms with E-state index in [2.05, 4.69) is 4.98 Å². The van der Waals surface area contributed by atoms with Crippen molar-refractivity contribution in [3.8, 4) is 16.9 Å². The van der Waals surface area contributed by atoms with Crippen molar-refractivity contribution >= 4 is 11.8 Å². The number of hydrogen-bond donors (Lipinski definition) is 1. The average Bonchev–Trinajstić information content (AvgIpc) is 2.71. The van der Waals surface area contributed by atoms with E-state index in [4.69, 9.17) is 9.84 Å². The number of ether oxygens (including phenoxy) is 1. The normalized spacial score (nSPS) is 11.9. The van der Waals surface area contributed by atoms with E-state index >= 15 is 0 Å². The van der Waals surface area contributed by atoms with Crippen LogP contribution in [0.5, 0.6) is 5.75 Å². The Kier molecular flexibility index (Phi) is 4.42. The fraction of sp³-hybridized carbons (Fsp3) is 0.136. The second-order valence-electron chi connectivity index (χ2n) is 6.46. The summed E-state index contributed by atoms with van der Waals surface area (Å²) in [5.74, 6) is -0.263. The molecular formula is C22H17NO4. The minimum Gasteiger partial charge on any atom is -0.488 e. The molecule has 5 nitrogen and oxygen atoms in total. The quantitative estimate of drug-likeness (QED) is 0.693. The molecule has 4 rings (SSSR count). The number of aryl methyl sites for hydroxylation is 1. The molecule has 0 unspecified atom stereocenters. The summed E-state index contributed by atoms with van der Waals surface area (Å²) in [6.45, 7) is 0.440. The summed E-state index contributed by atoms with van der Waals surface area (Å²) in [4.78, 5) is 27.8. The van der Waals surface area contributed by atoms with Gasteiger partial charge in [-0.1, -0.05) is 18.2 Å². The topological polar surface area (TPSA) is 76.5 Å². The smallest absolute Gasteiger partial charge is 0.335 e. The lowest BCUT2D eigenvalue weighted by atomic mass is 9.95. The van der Waals surface area contributed by atoms with Gasteiger partial charge in [-0.15, -0.1) is 0 Å². The van der Waals surface area contributed by atoms with Crippen molar-refractivity contribution in [2.75, 3.05) is 0 Å². The number of carbonyl (C=O) groups excluding carboxylic acids is 1. The second-order valence-corrected chi connectivity index (χ2v) is 6.46. The maximum absolute atomic E-state index is 12.6. The van der Waals surface area contributed by atoms with Gasteiger partial charge in [0.1, 0.15) is 12.4 Å². The van der Waals surface area contributed by atoms with Crippen molar-refractivity contribution in [2.24, 2.45) is 0 Å². The van der Waals surface area contributed by atoms with E-state index in [-0.39, 0.29) is 11.3 Å². The molecule has 0 spiro atoms. The minimum atomic E-state index is -0.967. The summed E-state index contributed by atoms with van der Waals surface area (Å²) < 4.78 is 5.79. The second kappa shape index (κ2) is 7.03. The van der Waals surface area contributed by atoms with Gasteiger partial charge < -0.3 is 9.84 Å². The molecule has 2 aromatic carbocycles. The molecule has 1 N–H and O–H groups in total. The summed E-state index contributed by atoms with van der Waals surface area (Å²) in [6, 6.07) is 14.1. The molecule has 5 heteroatoms. The molecule has 0 atom stereocenters. The predicted octanol–water partition coefficient (Wildman–Crippen LogP) is 4.15. The zero-order valence-electron chi connectivity index (χ0n) is 14.5. The number of fused-ring (bicyclic) bond motifs is 3. The molecule has 0 saturated heterocycles. The highest BCUT2D eigenvalue weighted by molar-refractivity contribution is 5.97. The average molecular weight is 359 g/mol. The Balaban J connectivity index is 1.51. The molecule has 0 aliphatic carbocycles. The molecule has 2 heterocycles. The largest absolute Gasteiger partial charge is 0.488 e. The first-order chi connectivity index (χ1) is 13.1. The Bertz CT molecular complexity index is 1040. The van der Waals surface area contributed by atoms with Crippen LogP contribution < -0.4 is 4.74 Å². The molecule has 0 amide bonds. The van der Waals surface area contributed by atoms with Gasteiger partial charge in [0.25, 0.3) is 0 Å². The van der Waals surface area contributed by atoms with Gasteiger partial charge in [0.15, 0.2) is 5.78 Å². The lowest BCUT2D eigenvalue weighted by Crippen LogP contribution is -2.08. The first-order valence-corrected chi connectivity index (χ1v) is 8.67. The summed E-state index contributed by atoms with van der Waals surface area (Å²) >= 11 is 0. The number of aromatic carboxylic acids is 1. The van der Waals surface area contributed by atoms with E-state index in [1.807, 2.05) is 24.3 Å². The number of benzene rings is 2. The molecule has 3 aromatic rings. The van der Waals surface area contributed by atoms with Crippen LogP contribution >= 0.6 is 0 Å². The van der Waals surface area contributed by atoms with Gasteiger partial charge in [-0.3, -0.25) is 9.78 Å². The van der Waals surface area contributed by atoms with Gasteiger partial charge in [-0.25, -0.2) is 4.79 Å². The van der Waals surface area contributed by atoms with E-state index in [1.165, 1.54) is 0 Å². The van der Waals surface area contributed by atoms with Crippen LogP contribution in [0.25, 0.3) is 11.1 Å². The van der Waals surface area contributed by atoms with Crippen molar-refractivity contribution in [2.45, 2.75) is 19.4 Å². The molecule has 27 heavy (non-hydrogen) atoms.